The summed E-state index contributed by atoms with van der Waals surface area (Å²) in [7, 11) is 0. The monoisotopic (exact) mass is 171 g/mol. The lowest BCUT2D eigenvalue weighted by Gasteiger charge is -2.22. The smallest absolute Gasteiger partial charge is 0.0607 e. The van der Waals surface area contributed by atoms with Gasteiger partial charge in [0.15, 0.2) is 0 Å². The molecule has 0 aromatic carbocycles. The number of hydrogen-bond acceptors (Lipinski definition) is 3. The van der Waals surface area contributed by atoms with Gasteiger partial charge in [0.1, 0.15) is 0 Å². The third-order valence-electron chi connectivity index (χ3n) is 2.14. The number of aliphatic hydroxyl groups excluding tert-OH is 2. The Labute approximate surface area is 73.1 Å². The SMILES string of the molecule is OCC(CO)NC1C=CCCC1. The lowest BCUT2D eigenvalue weighted by Crippen LogP contribution is -2.42. The van der Waals surface area contributed by atoms with Crippen molar-refractivity contribution >= 4 is 0 Å². The van der Waals surface area contributed by atoms with E-state index in [1.807, 2.05) is 0 Å². The molecule has 0 bridgehead atoms. The van der Waals surface area contributed by atoms with Gasteiger partial charge in [-0.15, -0.1) is 0 Å². The summed E-state index contributed by atoms with van der Waals surface area (Å²) >= 11 is 0. The summed E-state index contributed by atoms with van der Waals surface area (Å²) in [5.74, 6) is 0. The highest BCUT2D eigenvalue weighted by Gasteiger charge is 2.12. The summed E-state index contributed by atoms with van der Waals surface area (Å²) in [6.07, 6.45) is 7.71. The van der Waals surface area contributed by atoms with Crippen molar-refractivity contribution in [2.24, 2.45) is 0 Å². The predicted molar refractivity (Wildman–Crippen MR) is 47.9 cm³/mol. The van der Waals surface area contributed by atoms with E-state index in [1.54, 1.807) is 0 Å². The summed E-state index contributed by atoms with van der Waals surface area (Å²) in [4.78, 5) is 0. The number of nitrogens with one attached hydrogen (secondary N) is 1. The van der Waals surface area contributed by atoms with Crippen LogP contribution in [0.4, 0.5) is 0 Å². The van der Waals surface area contributed by atoms with Crippen LogP contribution in [0.5, 0.6) is 0 Å². The van der Waals surface area contributed by atoms with Crippen LogP contribution in [-0.4, -0.2) is 35.5 Å². The fraction of sp³-hybridized carbons (Fsp3) is 0.778. The van der Waals surface area contributed by atoms with Gasteiger partial charge in [0.25, 0.3) is 0 Å². The van der Waals surface area contributed by atoms with Crippen molar-refractivity contribution in [3.63, 3.8) is 0 Å². The standard InChI is InChI=1S/C9H17NO2/c11-6-9(7-12)10-8-4-2-1-3-5-8/h2,4,8-12H,1,3,5-7H2. The van der Waals surface area contributed by atoms with Crippen LogP contribution in [0.2, 0.25) is 0 Å². The topological polar surface area (TPSA) is 52.5 Å². The van der Waals surface area contributed by atoms with E-state index in [0.717, 1.165) is 12.8 Å². The van der Waals surface area contributed by atoms with E-state index in [1.165, 1.54) is 6.42 Å². The van der Waals surface area contributed by atoms with Gasteiger partial charge in [-0.2, -0.15) is 0 Å². The molecular formula is C9H17NO2. The maximum absolute atomic E-state index is 8.81. The molecule has 1 unspecified atom stereocenters. The zero-order valence-corrected chi connectivity index (χ0v) is 7.24. The van der Waals surface area contributed by atoms with Crippen LogP contribution in [0.25, 0.3) is 0 Å². The molecule has 1 rings (SSSR count). The van der Waals surface area contributed by atoms with Crippen molar-refractivity contribution in [3.8, 4) is 0 Å². The maximum atomic E-state index is 8.81. The molecule has 0 aromatic heterocycles. The lowest BCUT2D eigenvalue weighted by atomic mass is 10.0. The van der Waals surface area contributed by atoms with E-state index in [-0.39, 0.29) is 19.3 Å². The van der Waals surface area contributed by atoms with Gasteiger partial charge in [-0.05, 0) is 19.3 Å². The Morgan fingerprint density at radius 2 is 2.17 bits per heavy atom. The number of rotatable bonds is 4. The average molecular weight is 171 g/mol. The normalized spacial score (nSPS) is 23.4. The third kappa shape index (κ3) is 2.93. The first-order chi connectivity index (χ1) is 5.86. The molecule has 0 spiro atoms. The van der Waals surface area contributed by atoms with Crippen LogP contribution < -0.4 is 5.32 Å². The Balaban J connectivity index is 2.28. The Hall–Kier alpha value is -0.380. The quantitative estimate of drug-likeness (QED) is 0.523. The molecule has 0 heterocycles. The molecule has 12 heavy (non-hydrogen) atoms. The van der Waals surface area contributed by atoms with E-state index in [4.69, 9.17) is 10.2 Å². The summed E-state index contributed by atoms with van der Waals surface area (Å²) in [5, 5.41) is 20.8. The van der Waals surface area contributed by atoms with E-state index in [9.17, 15) is 0 Å². The Morgan fingerprint density at radius 3 is 2.67 bits per heavy atom. The van der Waals surface area contributed by atoms with Crippen LogP contribution in [0.3, 0.4) is 0 Å². The lowest BCUT2D eigenvalue weighted by molar-refractivity contribution is 0.164. The highest BCUT2D eigenvalue weighted by atomic mass is 16.3. The molecule has 0 amide bonds. The van der Waals surface area contributed by atoms with Crippen LogP contribution in [0, 0.1) is 0 Å². The van der Waals surface area contributed by atoms with Crippen LogP contribution in [0.1, 0.15) is 19.3 Å². The first kappa shape index (κ1) is 9.71. The second-order valence-electron chi connectivity index (χ2n) is 3.19. The molecule has 3 nitrogen and oxygen atoms in total. The molecule has 1 aliphatic carbocycles. The number of aliphatic hydroxyl groups is 2. The number of allylic oxidation sites excluding steroid dienone is 1. The van der Waals surface area contributed by atoms with Gasteiger partial charge >= 0.3 is 0 Å². The van der Waals surface area contributed by atoms with Crippen molar-refractivity contribution in [3.05, 3.63) is 12.2 Å². The fourth-order valence-corrected chi connectivity index (χ4v) is 1.42. The summed E-state index contributed by atoms with van der Waals surface area (Å²) in [6, 6.07) is 0.167. The van der Waals surface area contributed by atoms with Crippen LogP contribution >= 0.6 is 0 Å². The van der Waals surface area contributed by atoms with Crippen molar-refractivity contribution in [1.29, 1.82) is 0 Å². The molecule has 1 aliphatic rings. The molecule has 0 radical (unpaired) electrons. The molecular weight excluding hydrogens is 154 g/mol. The second-order valence-corrected chi connectivity index (χ2v) is 3.19. The number of hydrogen-bond donors (Lipinski definition) is 3. The van der Waals surface area contributed by atoms with Crippen molar-refractivity contribution in [2.75, 3.05) is 13.2 Å². The molecule has 70 valence electrons. The molecule has 0 fully saturated rings. The van der Waals surface area contributed by atoms with Crippen molar-refractivity contribution in [1.82, 2.24) is 5.32 Å². The van der Waals surface area contributed by atoms with Gasteiger partial charge in [0.05, 0.1) is 19.3 Å². The summed E-state index contributed by atoms with van der Waals surface area (Å²) in [5.41, 5.74) is 0. The molecule has 0 saturated heterocycles. The van der Waals surface area contributed by atoms with Gasteiger partial charge in [-0.1, -0.05) is 12.2 Å². The third-order valence-corrected chi connectivity index (χ3v) is 2.14. The summed E-state index contributed by atoms with van der Waals surface area (Å²) in [6.45, 7) is 0.00167. The highest BCUT2D eigenvalue weighted by Crippen LogP contribution is 2.10. The van der Waals surface area contributed by atoms with Crippen molar-refractivity contribution < 1.29 is 10.2 Å². The van der Waals surface area contributed by atoms with Gasteiger partial charge in [-0.3, -0.25) is 0 Å². The average Bonchev–Trinajstić information content (AvgIpc) is 2.16. The van der Waals surface area contributed by atoms with E-state index < -0.39 is 0 Å². The molecule has 1 atom stereocenters. The zero-order valence-electron chi connectivity index (χ0n) is 7.24. The molecule has 0 aliphatic heterocycles. The Bertz CT molecular complexity index is 143. The van der Waals surface area contributed by atoms with Gasteiger partial charge < -0.3 is 15.5 Å². The summed E-state index contributed by atoms with van der Waals surface area (Å²) < 4.78 is 0. The second kappa shape index (κ2) is 5.30. The van der Waals surface area contributed by atoms with Crippen LogP contribution in [-0.2, 0) is 0 Å². The minimum absolute atomic E-state index is 0.000833. The first-order valence-electron chi connectivity index (χ1n) is 4.51. The molecule has 0 aromatic rings. The zero-order chi connectivity index (χ0) is 8.81. The minimum atomic E-state index is -0.169. The maximum Gasteiger partial charge on any atom is 0.0607 e. The van der Waals surface area contributed by atoms with Gasteiger partial charge in [0, 0.05) is 6.04 Å². The van der Waals surface area contributed by atoms with Gasteiger partial charge in [0.2, 0.25) is 0 Å². The predicted octanol–water partition coefficient (Wildman–Crippen LogP) is 0.0379. The fourth-order valence-electron chi connectivity index (χ4n) is 1.42. The first-order valence-corrected chi connectivity index (χ1v) is 4.51. The Kier molecular flexibility index (Phi) is 4.29. The molecule has 3 N–H and O–H groups in total. The molecule has 3 heteroatoms. The van der Waals surface area contributed by atoms with E-state index in [2.05, 4.69) is 17.5 Å². The molecule has 0 saturated carbocycles. The van der Waals surface area contributed by atoms with E-state index in [0.29, 0.717) is 6.04 Å². The van der Waals surface area contributed by atoms with E-state index >= 15 is 0 Å². The minimum Gasteiger partial charge on any atom is -0.395 e. The van der Waals surface area contributed by atoms with Crippen LogP contribution in [0.15, 0.2) is 12.2 Å². The van der Waals surface area contributed by atoms with Gasteiger partial charge in [-0.25, -0.2) is 0 Å². The Morgan fingerprint density at radius 1 is 1.42 bits per heavy atom. The highest BCUT2D eigenvalue weighted by molar-refractivity contribution is 4.98. The van der Waals surface area contributed by atoms with Crippen molar-refractivity contribution in [2.45, 2.75) is 31.3 Å². The largest absolute Gasteiger partial charge is 0.395 e.